The Bertz CT molecular complexity index is 1560. The molecule has 0 spiro atoms. The first-order valence-electron chi connectivity index (χ1n) is 15.2. The number of carbonyl (C=O) groups is 3. The van der Waals surface area contributed by atoms with Crippen LogP contribution >= 0.6 is 0 Å². The topological polar surface area (TPSA) is 123 Å². The van der Waals surface area contributed by atoms with E-state index in [2.05, 4.69) is 5.32 Å². The van der Waals surface area contributed by atoms with Gasteiger partial charge in [0.15, 0.2) is 5.60 Å². The van der Waals surface area contributed by atoms with Gasteiger partial charge in [-0.1, -0.05) is 61.5 Å². The molecule has 0 saturated carbocycles. The van der Waals surface area contributed by atoms with E-state index in [1.165, 1.54) is 7.11 Å². The Balaban J connectivity index is 1.36. The number of fused-ring (bicyclic) bond motifs is 1. The van der Waals surface area contributed by atoms with Crippen LogP contribution in [0.5, 0.6) is 5.75 Å². The number of carbonyl (C=O) groups excluding carboxylic acids is 3. The first-order chi connectivity index (χ1) is 21.8. The lowest BCUT2D eigenvalue weighted by atomic mass is 9.83. The molecule has 1 fully saturated rings. The standard InChI is InChI=1S/C35H40N4O6/c1-25(8-6-13-32(41)37(18-19-40)23-26-9-4-3-5-10-26)35(44)30-21-29(45-2)14-15-31(30)39(34(35)43)24-27-11-7-12-28(20-27)38-17-16-36-22-33(38)42/h3-12,14-15,20-21,25,36,40,44H,13,16-19,22-24H2,1-2H3/b8-6+/t25-,35+/m0/s1. The normalized spacial score (nSPS) is 18.8. The molecule has 45 heavy (non-hydrogen) atoms. The Labute approximate surface area is 263 Å². The number of aliphatic hydroxyl groups excluding tert-OH is 1. The molecule has 5 rings (SSSR count). The van der Waals surface area contributed by atoms with Gasteiger partial charge >= 0.3 is 0 Å². The molecule has 0 unspecified atom stereocenters. The number of nitrogens with one attached hydrogen (secondary N) is 1. The molecule has 10 heteroatoms. The molecule has 3 aromatic carbocycles. The van der Waals surface area contributed by atoms with Crippen molar-refractivity contribution in [2.24, 2.45) is 5.92 Å². The average molecular weight is 613 g/mol. The van der Waals surface area contributed by atoms with Crippen molar-refractivity contribution >= 4 is 29.1 Å². The van der Waals surface area contributed by atoms with Crippen molar-refractivity contribution in [1.82, 2.24) is 10.2 Å². The third kappa shape index (κ3) is 6.78. The van der Waals surface area contributed by atoms with Crippen molar-refractivity contribution in [2.45, 2.75) is 32.0 Å². The van der Waals surface area contributed by atoms with Gasteiger partial charge in [0.05, 0.1) is 32.5 Å². The van der Waals surface area contributed by atoms with E-state index in [0.29, 0.717) is 36.6 Å². The Kier molecular flexibility index (Phi) is 9.97. The predicted molar refractivity (Wildman–Crippen MR) is 172 cm³/mol. The van der Waals surface area contributed by atoms with Crippen molar-refractivity contribution in [3.05, 3.63) is 102 Å². The molecule has 2 aliphatic heterocycles. The second kappa shape index (κ2) is 14.1. The van der Waals surface area contributed by atoms with Crippen LogP contribution in [-0.4, -0.2) is 72.7 Å². The van der Waals surface area contributed by atoms with Crippen LogP contribution in [0.4, 0.5) is 11.4 Å². The lowest BCUT2D eigenvalue weighted by molar-refractivity contribution is -0.139. The highest BCUT2D eigenvalue weighted by Gasteiger charge is 2.52. The van der Waals surface area contributed by atoms with Crippen molar-refractivity contribution < 1.29 is 29.3 Å². The van der Waals surface area contributed by atoms with Crippen molar-refractivity contribution in [3.63, 3.8) is 0 Å². The summed E-state index contributed by atoms with van der Waals surface area (Å²) in [5.74, 6) is -0.843. The summed E-state index contributed by atoms with van der Waals surface area (Å²) in [4.78, 5) is 44.5. The Morgan fingerprint density at radius 2 is 1.87 bits per heavy atom. The summed E-state index contributed by atoms with van der Waals surface area (Å²) >= 11 is 0. The van der Waals surface area contributed by atoms with Gasteiger partial charge in [0, 0.05) is 49.8 Å². The SMILES string of the molecule is COc1ccc2c(c1)[C@](O)([C@@H](C)/C=C/CC(=O)N(CCO)Cc1ccccc1)C(=O)N2Cc1cccc(N2CCNCC2=O)c1. The Morgan fingerprint density at radius 1 is 1.09 bits per heavy atom. The van der Waals surface area contributed by atoms with Crippen LogP contribution in [0.3, 0.4) is 0 Å². The molecular formula is C35H40N4O6. The van der Waals surface area contributed by atoms with Crippen LogP contribution in [0.2, 0.25) is 0 Å². The highest BCUT2D eigenvalue weighted by atomic mass is 16.5. The molecule has 236 valence electrons. The summed E-state index contributed by atoms with van der Waals surface area (Å²) in [6, 6.07) is 22.3. The van der Waals surface area contributed by atoms with Gasteiger partial charge in [-0.05, 0) is 41.5 Å². The van der Waals surface area contributed by atoms with Gasteiger partial charge in [0.25, 0.3) is 5.91 Å². The van der Waals surface area contributed by atoms with E-state index >= 15 is 0 Å². The second-order valence-corrected chi connectivity index (χ2v) is 11.4. The average Bonchev–Trinajstić information content (AvgIpc) is 3.27. The van der Waals surface area contributed by atoms with Crippen LogP contribution in [0.15, 0.2) is 84.9 Å². The molecule has 0 radical (unpaired) electrons. The zero-order valence-corrected chi connectivity index (χ0v) is 25.7. The largest absolute Gasteiger partial charge is 0.497 e. The highest BCUT2D eigenvalue weighted by molar-refractivity contribution is 6.07. The summed E-state index contributed by atoms with van der Waals surface area (Å²) < 4.78 is 5.43. The molecule has 2 aliphatic rings. The number of methoxy groups -OCH3 is 1. The van der Waals surface area contributed by atoms with Gasteiger partial charge in [-0.3, -0.25) is 14.4 Å². The zero-order valence-electron chi connectivity index (χ0n) is 25.7. The number of piperazine rings is 1. The fourth-order valence-electron chi connectivity index (χ4n) is 5.95. The number of aliphatic hydroxyl groups is 2. The van der Waals surface area contributed by atoms with Gasteiger partial charge < -0.3 is 35.0 Å². The lowest BCUT2D eigenvalue weighted by Gasteiger charge is -2.29. The predicted octanol–water partition coefficient (Wildman–Crippen LogP) is 2.97. The second-order valence-electron chi connectivity index (χ2n) is 11.4. The summed E-state index contributed by atoms with van der Waals surface area (Å²) in [6.07, 6.45) is 3.41. The molecule has 10 nitrogen and oxygen atoms in total. The van der Waals surface area contributed by atoms with E-state index < -0.39 is 17.4 Å². The van der Waals surface area contributed by atoms with E-state index in [-0.39, 0.29) is 44.5 Å². The van der Waals surface area contributed by atoms with E-state index in [0.717, 1.165) is 16.8 Å². The molecule has 2 atom stereocenters. The third-order valence-corrected chi connectivity index (χ3v) is 8.44. The molecule has 3 aromatic rings. The minimum atomic E-state index is -1.90. The van der Waals surface area contributed by atoms with E-state index in [1.807, 2.05) is 54.6 Å². The van der Waals surface area contributed by atoms with Crippen LogP contribution in [-0.2, 0) is 33.1 Å². The fraction of sp³-hybridized carbons (Fsp3) is 0.343. The summed E-state index contributed by atoms with van der Waals surface area (Å²) in [6.45, 7) is 3.90. The van der Waals surface area contributed by atoms with E-state index in [1.54, 1.807) is 52.0 Å². The maximum absolute atomic E-state index is 14.1. The van der Waals surface area contributed by atoms with Gasteiger partial charge in [-0.15, -0.1) is 0 Å². The maximum Gasteiger partial charge on any atom is 0.264 e. The molecule has 3 amide bonds. The maximum atomic E-state index is 14.1. The molecule has 0 aromatic heterocycles. The minimum absolute atomic E-state index is 0.0129. The van der Waals surface area contributed by atoms with Crippen LogP contribution in [0.25, 0.3) is 0 Å². The summed E-state index contributed by atoms with van der Waals surface area (Å²) in [7, 11) is 1.53. The molecule has 2 heterocycles. The molecule has 1 saturated heterocycles. The molecule has 0 bridgehead atoms. The van der Waals surface area contributed by atoms with Gasteiger partial charge in [0.2, 0.25) is 11.8 Å². The summed E-state index contributed by atoms with van der Waals surface area (Å²) in [5.41, 5.74) is 1.63. The quantitative estimate of drug-likeness (QED) is 0.269. The number of nitrogens with zero attached hydrogens (tertiary/aromatic N) is 3. The summed E-state index contributed by atoms with van der Waals surface area (Å²) in [5, 5.41) is 24.7. The lowest BCUT2D eigenvalue weighted by Crippen LogP contribution is -2.48. The Hall–Kier alpha value is -4.51. The van der Waals surface area contributed by atoms with Gasteiger partial charge in [-0.25, -0.2) is 0 Å². The van der Waals surface area contributed by atoms with Crippen molar-refractivity contribution in [1.29, 1.82) is 0 Å². The third-order valence-electron chi connectivity index (χ3n) is 8.44. The first-order valence-corrected chi connectivity index (χ1v) is 15.2. The number of anilines is 2. The monoisotopic (exact) mass is 612 g/mol. The fourth-order valence-corrected chi connectivity index (χ4v) is 5.95. The van der Waals surface area contributed by atoms with Crippen LogP contribution < -0.4 is 19.9 Å². The van der Waals surface area contributed by atoms with E-state index in [4.69, 9.17) is 4.74 Å². The molecule has 0 aliphatic carbocycles. The highest BCUT2D eigenvalue weighted by Crippen LogP contribution is 2.47. The number of rotatable bonds is 12. The van der Waals surface area contributed by atoms with Crippen molar-refractivity contribution in [3.8, 4) is 5.75 Å². The first kappa shape index (κ1) is 31.9. The number of benzene rings is 3. The smallest absolute Gasteiger partial charge is 0.264 e. The number of hydrogen-bond donors (Lipinski definition) is 3. The van der Waals surface area contributed by atoms with Crippen LogP contribution in [0, 0.1) is 5.92 Å². The minimum Gasteiger partial charge on any atom is -0.497 e. The van der Waals surface area contributed by atoms with Gasteiger partial charge in [0.1, 0.15) is 5.75 Å². The van der Waals surface area contributed by atoms with Crippen molar-refractivity contribution in [2.75, 3.05) is 49.7 Å². The zero-order chi connectivity index (χ0) is 32.0. The van der Waals surface area contributed by atoms with Gasteiger partial charge in [-0.2, -0.15) is 0 Å². The Morgan fingerprint density at radius 3 is 2.60 bits per heavy atom. The molecule has 3 N–H and O–H groups in total. The number of hydrogen-bond acceptors (Lipinski definition) is 7. The van der Waals surface area contributed by atoms with Crippen LogP contribution in [0.1, 0.15) is 30.0 Å². The molecular weight excluding hydrogens is 572 g/mol. The van der Waals surface area contributed by atoms with E-state index in [9.17, 15) is 24.6 Å². The number of ether oxygens (including phenoxy) is 1. The number of amides is 3.